The predicted octanol–water partition coefficient (Wildman–Crippen LogP) is 2.61. The van der Waals surface area contributed by atoms with Gasteiger partial charge in [0.25, 0.3) is 10.9 Å². The minimum Gasteiger partial charge on any atom is -0.440 e. The molecular weight excluding hydrogens is 242 g/mol. The van der Waals surface area contributed by atoms with E-state index in [0.717, 1.165) is 11.8 Å². The molecule has 0 unspecified atom stereocenters. The lowest BCUT2D eigenvalue weighted by Gasteiger charge is -1.99. The summed E-state index contributed by atoms with van der Waals surface area (Å²) in [6, 6.07) is 5.98. The van der Waals surface area contributed by atoms with Crippen LogP contribution in [-0.4, -0.2) is 9.91 Å². The van der Waals surface area contributed by atoms with Crippen molar-refractivity contribution in [2.45, 2.75) is 10.1 Å². The summed E-state index contributed by atoms with van der Waals surface area (Å²) < 4.78 is 5.02. The van der Waals surface area contributed by atoms with Crippen LogP contribution >= 0.6 is 11.8 Å². The lowest BCUT2D eigenvalue weighted by Crippen LogP contribution is -1.90. The van der Waals surface area contributed by atoms with Gasteiger partial charge in [-0.1, -0.05) is 0 Å². The molecule has 84 valence electrons. The molecule has 0 bridgehead atoms. The first-order chi connectivity index (χ1) is 8.20. The van der Waals surface area contributed by atoms with Gasteiger partial charge in [-0.15, -0.1) is 0 Å². The van der Waals surface area contributed by atoms with Crippen molar-refractivity contribution in [1.29, 1.82) is 5.26 Å². The van der Waals surface area contributed by atoms with Crippen LogP contribution in [0.5, 0.6) is 0 Å². The number of hydrogen-bond donors (Lipinski definition) is 0. The van der Waals surface area contributed by atoms with E-state index in [2.05, 4.69) is 4.98 Å². The molecule has 1 aromatic heterocycles. The Morgan fingerprint density at radius 2 is 2.35 bits per heavy atom. The van der Waals surface area contributed by atoms with Crippen LogP contribution in [0.2, 0.25) is 0 Å². The van der Waals surface area contributed by atoms with Crippen LogP contribution in [0.25, 0.3) is 0 Å². The second kappa shape index (κ2) is 4.67. The molecule has 0 radical (unpaired) electrons. The Hall–Kier alpha value is -2.33. The van der Waals surface area contributed by atoms with Crippen LogP contribution in [0, 0.1) is 21.4 Å². The van der Waals surface area contributed by atoms with Crippen molar-refractivity contribution in [3.63, 3.8) is 0 Å². The third-order valence-corrected chi connectivity index (χ3v) is 2.85. The molecule has 0 atom stereocenters. The van der Waals surface area contributed by atoms with E-state index in [1.54, 1.807) is 0 Å². The largest absolute Gasteiger partial charge is 0.440 e. The number of nitro groups is 1. The van der Waals surface area contributed by atoms with Gasteiger partial charge in [0, 0.05) is 17.0 Å². The van der Waals surface area contributed by atoms with Gasteiger partial charge in [0.1, 0.15) is 12.3 Å². The van der Waals surface area contributed by atoms with E-state index in [9.17, 15) is 10.1 Å². The third kappa shape index (κ3) is 2.43. The molecule has 0 saturated heterocycles. The zero-order valence-electron chi connectivity index (χ0n) is 8.36. The first kappa shape index (κ1) is 11.2. The van der Waals surface area contributed by atoms with Crippen molar-refractivity contribution in [3.8, 4) is 6.07 Å². The predicted molar refractivity (Wildman–Crippen MR) is 58.4 cm³/mol. The van der Waals surface area contributed by atoms with Gasteiger partial charge in [0.05, 0.1) is 16.7 Å². The van der Waals surface area contributed by atoms with Gasteiger partial charge in [-0.25, -0.2) is 4.98 Å². The Labute approximate surface area is 100 Å². The quantitative estimate of drug-likeness (QED) is 0.611. The van der Waals surface area contributed by atoms with Gasteiger partial charge in [-0.3, -0.25) is 10.1 Å². The maximum absolute atomic E-state index is 10.6. The third-order valence-electron chi connectivity index (χ3n) is 1.90. The molecule has 0 aliphatic rings. The number of non-ortho nitro benzene ring substituents is 1. The number of hydrogen-bond acceptors (Lipinski definition) is 6. The van der Waals surface area contributed by atoms with Gasteiger partial charge in [-0.2, -0.15) is 5.26 Å². The molecule has 0 aliphatic carbocycles. The second-order valence-corrected chi connectivity index (χ2v) is 3.94. The summed E-state index contributed by atoms with van der Waals surface area (Å²) in [6.07, 6.45) is 2.90. The number of aromatic nitrogens is 1. The van der Waals surface area contributed by atoms with Gasteiger partial charge in [-0.05, 0) is 17.8 Å². The molecule has 0 N–H and O–H groups in total. The van der Waals surface area contributed by atoms with E-state index in [0.29, 0.717) is 10.1 Å². The van der Waals surface area contributed by atoms with Crippen molar-refractivity contribution in [2.24, 2.45) is 0 Å². The Morgan fingerprint density at radius 3 is 2.94 bits per heavy atom. The van der Waals surface area contributed by atoms with E-state index in [1.807, 2.05) is 6.07 Å². The Morgan fingerprint density at radius 1 is 1.53 bits per heavy atom. The summed E-state index contributed by atoms with van der Waals surface area (Å²) in [5.41, 5.74) is 0.112. The zero-order chi connectivity index (χ0) is 12.3. The summed E-state index contributed by atoms with van der Waals surface area (Å²) in [6.45, 7) is 0. The average molecular weight is 247 g/mol. The van der Waals surface area contributed by atoms with Crippen LogP contribution in [0.15, 0.2) is 45.2 Å². The molecule has 0 saturated carbocycles. The van der Waals surface area contributed by atoms with Crippen LogP contribution in [0.3, 0.4) is 0 Å². The minimum atomic E-state index is -0.541. The monoisotopic (exact) mass is 247 g/mol. The van der Waals surface area contributed by atoms with E-state index in [-0.39, 0.29) is 11.3 Å². The molecule has 2 rings (SSSR count). The summed E-state index contributed by atoms with van der Waals surface area (Å²) in [4.78, 5) is 14.5. The van der Waals surface area contributed by atoms with E-state index in [4.69, 9.17) is 9.68 Å². The first-order valence-electron chi connectivity index (χ1n) is 4.46. The number of oxazole rings is 1. The molecule has 0 fully saturated rings. The molecule has 0 amide bonds. The normalized spacial score (nSPS) is 9.82. The van der Waals surface area contributed by atoms with Gasteiger partial charge >= 0.3 is 0 Å². The van der Waals surface area contributed by atoms with Crippen molar-refractivity contribution < 1.29 is 9.34 Å². The van der Waals surface area contributed by atoms with Crippen LogP contribution in [-0.2, 0) is 0 Å². The average Bonchev–Trinajstić information content (AvgIpc) is 2.82. The Bertz CT molecular complexity index is 589. The molecular formula is C10H5N3O3S. The molecule has 6 nitrogen and oxygen atoms in total. The number of nitro benzene ring substituents is 1. The molecule has 2 aromatic rings. The second-order valence-electron chi connectivity index (χ2n) is 2.95. The van der Waals surface area contributed by atoms with Gasteiger partial charge in [0.2, 0.25) is 0 Å². The highest BCUT2D eigenvalue weighted by Gasteiger charge is 2.12. The summed E-state index contributed by atoms with van der Waals surface area (Å²) in [5.74, 6) is 0. The number of nitriles is 1. The highest BCUT2D eigenvalue weighted by atomic mass is 32.2. The standard InChI is InChI=1S/C10H5N3O3S/c11-6-7-5-8(13(14)15)1-2-9(7)17-10-12-3-4-16-10/h1-5H. The zero-order valence-corrected chi connectivity index (χ0v) is 9.18. The van der Waals surface area contributed by atoms with E-state index < -0.39 is 4.92 Å². The Balaban J connectivity index is 2.35. The summed E-state index contributed by atoms with van der Waals surface area (Å²) >= 11 is 1.14. The van der Waals surface area contributed by atoms with E-state index >= 15 is 0 Å². The highest BCUT2D eigenvalue weighted by Crippen LogP contribution is 2.30. The molecule has 0 aliphatic heterocycles. The molecule has 1 heterocycles. The first-order valence-corrected chi connectivity index (χ1v) is 5.28. The summed E-state index contributed by atoms with van der Waals surface area (Å²) in [7, 11) is 0. The fourth-order valence-electron chi connectivity index (χ4n) is 1.16. The van der Waals surface area contributed by atoms with Crippen molar-refractivity contribution in [3.05, 3.63) is 46.3 Å². The molecule has 7 heteroatoms. The fraction of sp³-hybridized carbons (Fsp3) is 0. The van der Waals surface area contributed by atoms with Crippen LogP contribution in [0.1, 0.15) is 5.56 Å². The number of nitrogens with zero attached hydrogens (tertiary/aromatic N) is 3. The fourth-order valence-corrected chi connectivity index (χ4v) is 1.92. The van der Waals surface area contributed by atoms with Crippen molar-refractivity contribution >= 4 is 17.4 Å². The lowest BCUT2D eigenvalue weighted by molar-refractivity contribution is -0.384. The maximum Gasteiger partial charge on any atom is 0.270 e. The van der Waals surface area contributed by atoms with Gasteiger partial charge < -0.3 is 4.42 Å². The smallest absolute Gasteiger partial charge is 0.270 e. The SMILES string of the molecule is N#Cc1cc([N+](=O)[O-])ccc1Sc1ncco1. The van der Waals surface area contributed by atoms with Crippen molar-refractivity contribution in [1.82, 2.24) is 4.98 Å². The Kier molecular flexibility index (Phi) is 3.07. The van der Waals surface area contributed by atoms with Gasteiger partial charge in [0.15, 0.2) is 0 Å². The van der Waals surface area contributed by atoms with Crippen LogP contribution < -0.4 is 0 Å². The van der Waals surface area contributed by atoms with Crippen molar-refractivity contribution in [2.75, 3.05) is 0 Å². The highest BCUT2D eigenvalue weighted by molar-refractivity contribution is 7.99. The maximum atomic E-state index is 10.6. The van der Waals surface area contributed by atoms with E-state index in [1.165, 1.54) is 30.7 Å². The lowest BCUT2D eigenvalue weighted by atomic mass is 10.2. The molecule has 0 spiro atoms. The molecule has 17 heavy (non-hydrogen) atoms. The van der Waals surface area contributed by atoms with Crippen LogP contribution in [0.4, 0.5) is 5.69 Å². The topological polar surface area (TPSA) is 93.0 Å². The number of benzene rings is 1. The number of rotatable bonds is 3. The minimum absolute atomic E-state index is 0.113. The summed E-state index contributed by atoms with van der Waals surface area (Å²) in [5, 5.41) is 19.9. The molecule has 1 aromatic carbocycles.